The van der Waals surface area contributed by atoms with Crippen molar-refractivity contribution >= 4 is 5.96 Å². The summed E-state index contributed by atoms with van der Waals surface area (Å²) in [6, 6.07) is 11.4. The fourth-order valence-electron chi connectivity index (χ4n) is 4.31. The van der Waals surface area contributed by atoms with Crippen LogP contribution in [0.5, 0.6) is 0 Å². The maximum Gasteiger partial charge on any atom is 0.193 e. The number of likely N-dealkylation sites (tertiary alicyclic amines) is 2. The van der Waals surface area contributed by atoms with Gasteiger partial charge in [0, 0.05) is 45.2 Å². The molecule has 0 aliphatic carbocycles. The molecule has 2 aliphatic rings. The van der Waals surface area contributed by atoms with Crippen molar-refractivity contribution in [1.29, 1.82) is 0 Å². The summed E-state index contributed by atoms with van der Waals surface area (Å²) in [5.41, 5.74) is 1.40. The second kappa shape index (κ2) is 10.7. The second-order valence-electron chi connectivity index (χ2n) is 7.86. The van der Waals surface area contributed by atoms with Crippen molar-refractivity contribution < 1.29 is 4.74 Å². The van der Waals surface area contributed by atoms with E-state index in [1.54, 1.807) is 7.11 Å². The number of methoxy groups -OCH3 is 1. The minimum absolute atomic E-state index is 0.546. The lowest BCUT2D eigenvalue weighted by atomic mass is 10.0. The highest BCUT2D eigenvalue weighted by Crippen LogP contribution is 2.21. The lowest BCUT2D eigenvalue weighted by Gasteiger charge is -2.35. The van der Waals surface area contributed by atoms with Gasteiger partial charge in [0.2, 0.25) is 0 Å². The Morgan fingerprint density at radius 3 is 2.81 bits per heavy atom. The molecule has 5 heteroatoms. The van der Waals surface area contributed by atoms with Gasteiger partial charge >= 0.3 is 0 Å². The SMILES string of the molecule is CCNC(=NCC1CCCCN1Cc1ccccc1)N1CCC(COC)C1. The molecular weight excluding hydrogens is 336 g/mol. The Morgan fingerprint density at radius 2 is 2.04 bits per heavy atom. The van der Waals surface area contributed by atoms with Crippen LogP contribution < -0.4 is 5.32 Å². The third-order valence-corrected chi connectivity index (χ3v) is 5.75. The summed E-state index contributed by atoms with van der Waals surface area (Å²) in [6.45, 7) is 9.17. The molecule has 0 radical (unpaired) electrons. The molecule has 0 aromatic heterocycles. The van der Waals surface area contributed by atoms with Crippen LogP contribution in [0.25, 0.3) is 0 Å². The van der Waals surface area contributed by atoms with Gasteiger partial charge in [0.05, 0.1) is 13.2 Å². The third kappa shape index (κ3) is 5.94. The first-order chi connectivity index (χ1) is 13.3. The Labute approximate surface area is 164 Å². The molecule has 3 rings (SSSR count). The smallest absolute Gasteiger partial charge is 0.193 e. The standard InChI is InChI=1S/C22H36N4O/c1-3-23-22(26-14-12-20(17-26)18-27-2)24-15-21-11-7-8-13-25(21)16-19-9-5-4-6-10-19/h4-6,9-10,20-21H,3,7-8,11-18H2,1-2H3,(H,23,24). The average molecular weight is 373 g/mol. The number of hydrogen-bond acceptors (Lipinski definition) is 3. The number of aliphatic imine (C=N–C) groups is 1. The van der Waals surface area contributed by atoms with Gasteiger partial charge in [0.25, 0.3) is 0 Å². The zero-order valence-corrected chi connectivity index (χ0v) is 17.1. The molecule has 0 saturated carbocycles. The average Bonchev–Trinajstić information content (AvgIpc) is 3.16. The van der Waals surface area contributed by atoms with Crippen molar-refractivity contribution in [1.82, 2.24) is 15.1 Å². The number of benzene rings is 1. The number of nitrogens with one attached hydrogen (secondary N) is 1. The largest absolute Gasteiger partial charge is 0.384 e. The zero-order chi connectivity index (χ0) is 18.9. The van der Waals surface area contributed by atoms with Crippen molar-refractivity contribution in [2.24, 2.45) is 10.9 Å². The Kier molecular flexibility index (Phi) is 7.96. The number of ether oxygens (including phenoxy) is 1. The quantitative estimate of drug-likeness (QED) is 0.590. The topological polar surface area (TPSA) is 40.1 Å². The minimum atomic E-state index is 0.546. The van der Waals surface area contributed by atoms with E-state index in [2.05, 4.69) is 52.4 Å². The molecule has 2 fully saturated rings. The van der Waals surface area contributed by atoms with Crippen LogP contribution in [0, 0.1) is 5.92 Å². The number of hydrogen-bond donors (Lipinski definition) is 1. The van der Waals surface area contributed by atoms with E-state index in [9.17, 15) is 0 Å². The summed E-state index contributed by atoms with van der Waals surface area (Å²) in [4.78, 5) is 10.1. The van der Waals surface area contributed by atoms with Crippen LogP contribution in [-0.2, 0) is 11.3 Å². The van der Waals surface area contributed by atoms with Gasteiger partial charge in [-0.15, -0.1) is 0 Å². The minimum Gasteiger partial charge on any atom is -0.384 e. The van der Waals surface area contributed by atoms with E-state index < -0.39 is 0 Å². The van der Waals surface area contributed by atoms with Crippen molar-refractivity contribution in [3.05, 3.63) is 35.9 Å². The summed E-state index contributed by atoms with van der Waals surface area (Å²) in [5.74, 6) is 1.71. The predicted molar refractivity (Wildman–Crippen MR) is 112 cm³/mol. The van der Waals surface area contributed by atoms with E-state index >= 15 is 0 Å². The third-order valence-electron chi connectivity index (χ3n) is 5.75. The summed E-state index contributed by atoms with van der Waals surface area (Å²) < 4.78 is 5.35. The van der Waals surface area contributed by atoms with Gasteiger partial charge in [-0.1, -0.05) is 36.8 Å². The highest BCUT2D eigenvalue weighted by molar-refractivity contribution is 5.80. The van der Waals surface area contributed by atoms with Gasteiger partial charge in [0.15, 0.2) is 5.96 Å². The summed E-state index contributed by atoms with van der Waals surface area (Å²) in [5, 5.41) is 3.51. The van der Waals surface area contributed by atoms with E-state index in [0.717, 1.165) is 45.3 Å². The molecule has 1 aromatic rings. The van der Waals surface area contributed by atoms with Gasteiger partial charge in [-0.25, -0.2) is 0 Å². The predicted octanol–water partition coefficient (Wildman–Crippen LogP) is 2.97. The number of nitrogens with zero attached hydrogens (tertiary/aromatic N) is 3. The first-order valence-electron chi connectivity index (χ1n) is 10.6. The van der Waals surface area contributed by atoms with Crippen LogP contribution in [0.4, 0.5) is 0 Å². The van der Waals surface area contributed by atoms with E-state index in [1.165, 1.54) is 37.8 Å². The first-order valence-corrected chi connectivity index (χ1v) is 10.6. The molecule has 2 saturated heterocycles. The van der Waals surface area contributed by atoms with Crippen molar-refractivity contribution in [3.8, 4) is 0 Å². The molecule has 27 heavy (non-hydrogen) atoms. The highest BCUT2D eigenvalue weighted by Gasteiger charge is 2.26. The molecule has 1 aromatic carbocycles. The van der Waals surface area contributed by atoms with Crippen LogP contribution in [0.2, 0.25) is 0 Å². The Morgan fingerprint density at radius 1 is 1.19 bits per heavy atom. The second-order valence-corrected chi connectivity index (χ2v) is 7.86. The number of guanidine groups is 1. The number of rotatable bonds is 7. The Bertz CT molecular complexity index is 577. The van der Waals surface area contributed by atoms with E-state index in [0.29, 0.717) is 12.0 Å². The highest BCUT2D eigenvalue weighted by atomic mass is 16.5. The molecule has 2 atom stereocenters. The van der Waals surface area contributed by atoms with Gasteiger partial charge in [-0.2, -0.15) is 0 Å². The van der Waals surface area contributed by atoms with Crippen LogP contribution in [0.1, 0.15) is 38.2 Å². The molecular formula is C22H36N4O. The van der Waals surface area contributed by atoms with E-state index in [4.69, 9.17) is 9.73 Å². The van der Waals surface area contributed by atoms with Crippen molar-refractivity contribution in [2.45, 2.75) is 45.2 Å². The molecule has 1 N–H and O–H groups in total. The maximum atomic E-state index is 5.35. The van der Waals surface area contributed by atoms with E-state index in [1.807, 2.05) is 0 Å². The number of piperidine rings is 1. The normalized spacial score (nSPS) is 24.4. The molecule has 5 nitrogen and oxygen atoms in total. The van der Waals surface area contributed by atoms with Gasteiger partial charge in [0.1, 0.15) is 0 Å². The first kappa shape index (κ1) is 20.2. The van der Waals surface area contributed by atoms with Gasteiger partial charge < -0.3 is 15.0 Å². The van der Waals surface area contributed by atoms with Crippen LogP contribution >= 0.6 is 0 Å². The Hall–Kier alpha value is -1.59. The lowest BCUT2D eigenvalue weighted by Crippen LogP contribution is -2.44. The molecule has 0 bridgehead atoms. The summed E-state index contributed by atoms with van der Waals surface area (Å²) in [6.07, 6.45) is 5.07. The summed E-state index contributed by atoms with van der Waals surface area (Å²) >= 11 is 0. The van der Waals surface area contributed by atoms with Gasteiger partial charge in [-0.05, 0) is 38.3 Å². The molecule has 0 amide bonds. The van der Waals surface area contributed by atoms with Crippen molar-refractivity contribution in [2.75, 3.05) is 46.4 Å². The maximum absolute atomic E-state index is 5.35. The van der Waals surface area contributed by atoms with Crippen molar-refractivity contribution in [3.63, 3.8) is 0 Å². The fraction of sp³-hybridized carbons (Fsp3) is 0.682. The zero-order valence-electron chi connectivity index (χ0n) is 17.1. The Balaban J connectivity index is 1.61. The molecule has 2 aliphatic heterocycles. The molecule has 2 unspecified atom stereocenters. The lowest BCUT2D eigenvalue weighted by molar-refractivity contribution is 0.144. The summed E-state index contributed by atoms with van der Waals surface area (Å²) in [7, 11) is 1.80. The molecule has 0 spiro atoms. The molecule has 150 valence electrons. The van der Waals surface area contributed by atoms with Crippen LogP contribution in [0.15, 0.2) is 35.3 Å². The molecule has 2 heterocycles. The van der Waals surface area contributed by atoms with E-state index in [-0.39, 0.29) is 0 Å². The van der Waals surface area contributed by atoms with Crippen LogP contribution in [-0.4, -0.2) is 68.2 Å². The van der Waals surface area contributed by atoms with Crippen LogP contribution in [0.3, 0.4) is 0 Å². The fourth-order valence-corrected chi connectivity index (χ4v) is 4.31. The van der Waals surface area contributed by atoms with Gasteiger partial charge in [-0.3, -0.25) is 9.89 Å². The monoisotopic (exact) mass is 372 g/mol.